The molecule has 2 nitrogen and oxygen atoms in total. The Morgan fingerprint density at radius 2 is 1.84 bits per heavy atom. The van der Waals surface area contributed by atoms with Gasteiger partial charge in [0.2, 0.25) is 0 Å². The van der Waals surface area contributed by atoms with Crippen molar-refractivity contribution in [1.82, 2.24) is 0 Å². The van der Waals surface area contributed by atoms with Gasteiger partial charge in [-0.05, 0) is 53.6 Å². The number of benzene rings is 2. The van der Waals surface area contributed by atoms with Crippen LogP contribution in [-0.4, -0.2) is 12.6 Å². The molecule has 1 aliphatic heterocycles. The van der Waals surface area contributed by atoms with Crippen molar-refractivity contribution in [3.8, 4) is 0 Å². The number of carbonyl (C=O) groups is 1. The van der Waals surface area contributed by atoms with Crippen molar-refractivity contribution in [2.24, 2.45) is 0 Å². The number of nitrogens with zero attached hydrogens (tertiary/aromatic N) is 1. The maximum Gasteiger partial charge on any atom is 0.258 e. The average Bonchev–Trinajstić information content (AvgIpc) is 3.30. The first-order valence-electron chi connectivity index (χ1n) is 9.28. The molecule has 0 N–H and O–H groups in total. The molecule has 1 unspecified atom stereocenters. The van der Waals surface area contributed by atoms with Crippen molar-refractivity contribution in [3.63, 3.8) is 0 Å². The molecule has 0 spiro atoms. The van der Waals surface area contributed by atoms with Crippen LogP contribution in [0.15, 0.2) is 42.5 Å². The summed E-state index contributed by atoms with van der Waals surface area (Å²) in [5, 5.41) is 0. The topological polar surface area (TPSA) is 20.3 Å². The number of hydrogen-bond donors (Lipinski definition) is 0. The summed E-state index contributed by atoms with van der Waals surface area (Å²) in [5.41, 5.74) is 5.13. The van der Waals surface area contributed by atoms with Crippen molar-refractivity contribution in [1.29, 1.82) is 0 Å². The summed E-state index contributed by atoms with van der Waals surface area (Å²) in [4.78, 5) is 14.7. The van der Waals surface area contributed by atoms with Crippen LogP contribution in [0.1, 0.15) is 71.5 Å². The third-order valence-corrected chi connectivity index (χ3v) is 5.77. The van der Waals surface area contributed by atoms with Crippen LogP contribution in [0.3, 0.4) is 0 Å². The number of rotatable bonds is 4. The fourth-order valence-electron chi connectivity index (χ4n) is 4.11. The molecule has 3 heteroatoms. The van der Waals surface area contributed by atoms with Gasteiger partial charge in [-0.2, -0.15) is 0 Å². The molecule has 1 heterocycles. The third kappa shape index (κ3) is 2.97. The zero-order chi connectivity index (χ0) is 17.4. The second kappa shape index (κ2) is 6.62. The molecule has 4 rings (SSSR count). The van der Waals surface area contributed by atoms with E-state index in [2.05, 4.69) is 18.2 Å². The second-order valence-corrected chi connectivity index (χ2v) is 7.44. The van der Waals surface area contributed by atoms with E-state index in [1.165, 1.54) is 31.2 Å². The van der Waals surface area contributed by atoms with Crippen molar-refractivity contribution in [2.75, 3.05) is 11.6 Å². The molecule has 2 aromatic carbocycles. The predicted molar refractivity (Wildman–Crippen MR) is 99.0 cm³/mol. The molecule has 1 fully saturated rings. The smallest absolute Gasteiger partial charge is 0.258 e. The highest BCUT2D eigenvalue weighted by atomic mass is 19.1. The molecule has 2 aliphatic rings. The Morgan fingerprint density at radius 1 is 1.12 bits per heavy atom. The molecular weight excluding hydrogens is 313 g/mol. The molecule has 1 atom stereocenters. The van der Waals surface area contributed by atoms with Gasteiger partial charge in [-0.25, -0.2) is 0 Å². The van der Waals surface area contributed by atoms with Gasteiger partial charge in [0, 0.05) is 17.2 Å². The largest absolute Gasteiger partial charge is 0.304 e. The second-order valence-electron chi connectivity index (χ2n) is 7.44. The Hall–Kier alpha value is -2.16. The molecular formula is C22H24FNO. The van der Waals surface area contributed by atoms with Gasteiger partial charge >= 0.3 is 0 Å². The third-order valence-electron chi connectivity index (χ3n) is 5.77. The van der Waals surface area contributed by atoms with E-state index in [-0.39, 0.29) is 18.5 Å². The molecule has 0 saturated heterocycles. The van der Waals surface area contributed by atoms with Gasteiger partial charge in [0.25, 0.3) is 5.91 Å². The summed E-state index contributed by atoms with van der Waals surface area (Å²) in [7, 11) is 0. The van der Waals surface area contributed by atoms with Gasteiger partial charge in [0.05, 0.1) is 13.2 Å². The van der Waals surface area contributed by atoms with Crippen LogP contribution in [0, 0.1) is 0 Å². The standard InChI is InChI=1S/C22H24FNO/c1-15(13-23)16-8-10-20(11-9-16)24-14-19-7-6-18(12-21(19)22(24)25)17-4-2-3-5-17/h6-12,15,17H,2-5,13-14H2,1H3. The summed E-state index contributed by atoms with van der Waals surface area (Å²) < 4.78 is 12.8. The normalized spacial score (nSPS) is 18.6. The first-order chi connectivity index (χ1) is 12.2. The van der Waals surface area contributed by atoms with Crippen LogP contribution >= 0.6 is 0 Å². The lowest BCUT2D eigenvalue weighted by molar-refractivity contribution is 0.0996. The molecule has 1 aliphatic carbocycles. The highest BCUT2D eigenvalue weighted by Gasteiger charge is 2.30. The summed E-state index contributed by atoms with van der Waals surface area (Å²) in [5.74, 6) is 0.601. The number of hydrogen-bond acceptors (Lipinski definition) is 1. The van der Waals surface area contributed by atoms with Gasteiger partial charge in [-0.3, -0.25) is 9.18 Å². The quantitative estimate of drug-likeness (QED) is 0.713. The lowest BCUT2D eigenvalue weighted by Crippen LogP contribution is -2.23. The van der Waals surface area contributed by atoms with Crippen LogP contribution < -0.4 is 4.90 Å². The lowest BCUT2D eigenvalue weighted by atomic mass is 9.94. The van der Waals surface area contributed by atoms with E-state index in [1.807, 2.05) is 36.1 Å². The Kier molecular flexibility index (Phi) is 4.32. The number of anilines is 1. The Morgan fingerprint density at radius 3 is 2.52 bits per heavy atom. The molecule has 1 amide bonds. The van der Waals surface area contributed by atoms with E-state index in [0.29, 0.717) is 12.5 Å². The molecule has 25 heavy (non-hydrogen) atoms. The molecule has 0 radical (unpaired) electrons. The summed E-state index contributed by atoms with van der Waals surface area (Å²) in [6.07, 6.45) is 5.08. The first kappa shape index (κ1) is 16.3. The SMILES string of the molecule is CC(CF)c1ccc(N2Cc3ccc(C4CCCC4)cc3C2=O)cc1. The first-order valence-corrected chi connectivity index (χ1v) is 9.28. The number of alkyl halides is 1. The van der Waals surface area contributed by atoms with Crippen LogP contribution in [0.25, 0.3) is 0 Å². The van der Waals surface area contributed by atoms with E-state index in [4.69, 9.17) is 0 Å². The monoisotopic (exact) mass is 337 g/mol. The summed E-state index contributed by atoms with van der Waals surface area (Å²) in [6, 6.07) is 14.2. The van der Waals surface area contributed by atoms with E-state index in [0.717, 1.165) is 22.4 Å². The fourth-order valence-corrected chi connectivity index (χ4v) is 4.11. The van der Waals surface area contributed by atoms with Gasteiger partial charge in [-0.15, -0.1) is 0 Å². The van der Waals surface area contributed by atoms with Gasteiger partial charge in [-0.1, -0.05) is 44.0 Å². The molecule has 0 aromatic heterocycles. The van der Waals surface area contributed by atoms with E-state index >= 15 is 0 Å². The molecule has 2 aromatic rings. The highest BCUT2D eigenvalue weighted by molar-refractivity contribution is 6.10. The molecule has 1 saturated carbocycles. The van der Waals surface area contributed by atoms with Gasteiger partial charge in [0.1, 0.15) is 0 Å². The van der Waals surface area contributed by atoms with Crippen LogP contribution in [0.2, 0.25) is 0 Å². The minimum Gasteiger partial charge on any atom is -0.304 e. The van der Waals surface area contributed by atoms with Crippen molar-refractivity contribution in [3.05, 3.63) is 64.7 Å². The van der Waals surface area contributed by atoms with Crippen LogP contribution in [-0.2, 0) is 6.54 Å². The number of amides is 1. The number of fused-ring (bicyclic) bond motifs is 1. The zero-order valence-corrected chi connectivity index (χ0v) is 14.7. The Bertz CT molecular complexity index is 777. The molecule has 130 valence electrons. The van der Waals surface area contributed by atoms with Gasteiger partial charge in [0.15, 0.2) is 0 Å². The minimum absolute atomic E-state index is 0.0844. The van der Waals surface area contributed by atoms with Crippen molar-refractivity contribution in [2.45, 2.75) is 51.0 Å². The van der Waals surface area contributed by atoms with E-state index < -0.39 is 0 Å². The van der Waals surface area contributed by atoms with E-state index in [9.17, 15) is 9.18 Å². The van der Waals surface area contributed by atoms with Crippen molar-refractivity contribution < 1.29 is 9.18 Å². The summed E-state index contributed by atoms with van der Waals surface area (Å²) in [6.45, 7) is 2.13. The number of halogens is 1. The van der Waals surface area contributed by atoms with E-state index in [1.54, 1.807) is 0 Å². The number of carbonyl (C=O) groups excluding carboxylic acids is 1. The van der Waals surface area contributed by atoms with Crippen LogP contribution in [0.5, 0.6) is 0 Å². The maximum atomic E-state index is 12.9. The van der Waals surface area contributed by atoms with Gasteiger partial charge < -0.3 is 4.90 Å². The Labute approximate surface area is 148 Å². The Balaban J connectivity index is 1.57. The molecule has 0 bridgehead atoms. The average molecular weight is 337 g/mol. The lowest BCUT2D eigenvalue weighted by Gasteiger charge is -2.17. The highest BCUT2D eigenvalue weighted by Crippen LogP contribution is 2.37. The predicted octanol–water partition coefficient (Wildman–Crippen LogP) is 5.58. The summed E-state index contributed by atoms with van der Waals surface area (Å²) >= 11 is 0. The van der Waals surface area contributed by atoms with Crippen molar-refractivity contribution >= 4 is 11.6 Å². The van der Waals surface area contributed by atoms with Crippen LogP contribution in [0.4, 0.5) is 10.1 Å². The minimum atomic E-state index is -0.364. The fraction of sp³-hybridized carbons (Fsp3) is 0.409. The maximum absolute atomic E-state index is 12.9. The zero-order valence-electron chi connectivity index (χ0n) is 14.7.